The third-order valence-electron chi connectivity index (χ3n) is 8.47. The topological polar surface area (TPSA) is 48.1 Å². The highest BCUT2D eigenvalue weighted by Gasteiger charge is 2.16. The Morgan fingerprint density at radius 1 is 0.846 bits per heavy atom. The Bertz CT molecular complexity index is 1130. The maximum absolute atomic E-state index is 12.6. The number of carbonyl (C=O) groups is 1. The molecule has 1 amide bonds. The molecule has 3 aromatic rings. The van der Waals surface area contributed by atoms with Crippen molar-refractivity contribution in [1.29, 1.82) is 0 Å². The number of nitrogens with one attached hydrogen (secondary N) is 2. The van der Waals surface area contributed by atoms with Gasteiger partial charge in [-0.1, -0.05) is 108 Å². The molecule has 1 aromatic heterocycles. The Balaban J connectivity index is 1.10. The molecule has 2 N–H and O–H groups in total. The quantitative estimate of drug-likeness (QED) is 0.161. The minimum atomic E-state index is 0.140. The molecule has 4 rings (SSSR count). The molecule has 0 saturated carbocycles. The minimum absolute atomic E-state index is 0.140. The molecular weight excluding hydrogens is 478 g/mol. The molecule has 1 aliphatic rings. The molecule has 2 aromatic carbocycles. The number of anilines is 1. The molecular formula is C35H51N3O. The summed E-state index contributed by atoms with van der Waals surface area (Å²) in [5.74, 6) is 0.140. The first-order valence-corrected chi connectivity index (χ1v) is 15.9. The van der Waals surface area contributed by atoms with Crippen molar-refractivity contribution >= 4 is 22.5 Å². The Labute approximate surface area is 237 Å². The van der Waals surface area contributed by atoms with Crippen molar-refractivity contribution in [3.63, 3.8) is 0 Å². The van der Waals surface area contributed by atoms with E-state index in [0.29, 0.717) is 6.42 Å². The number of fused-ring (bicyclic) bond motifs is 2. The highest BCUT2D eigenvalue weighted by Crippen LogP contribution is 2.25. The molecule has 0 fully saturated rings. The molecule has 4 nitrogen and oxygen atoms in total. The van der Waals surface area contributed by atoms with Gasteiger partial charge in [0.1, 0.15) is 0 Å². The molecule has 0 aliphatic carbocycles. The molecule has 2 heterocycles. The number of unbranched alkanes of at least 4 members (excludes halogenated alkanes) is 12. The Morgan fingerprint density at radius 3 is 2.23 bits per heavy atom. The van der Waals surface area contributed by atoms with Crippen LogP contribution < -0.4 is 5.32 Å². The second-order valence-electron chi connectivity index (χ2n) is 11.7. The molecule has 1 aliphatic heterocycles. The van der Waals surface area contributed by atoms with Crippen molar-refractivity contribution in [3.8, 4) is 0 Å². The van der Waals surface area contributed by atoms with E-state index >= 15 is 0 Å². The maximum atomic E-state index is 12.6. The molecule has 0 bridgehead atoms. The lowest BCUT2D eigenvalue weighted by molar-refractivity contribution is -0.116. The molecule has 0 atom stereocenters. The third kappa shape index (κ3) is 9.83. The molecule has 0 unspecified atom stereocenters. The summed E-state index contributed by atoms with van der Waals surface area (Å²) in [6.07, 6.45) is 22.2. The zero-order valence-corrected chi connectivity index (χ0v) is 24.4. The van der Waals surface area contributed by atoms with Gasteiger partial charge in [-0.25, -0.2) is 0 Å². The van der Waals surface area contributed by atoms with Crippen LogP contribution in [0.5, 0.6) is 0 Å². The van der Waals surface area contributed by atoms with Gasteiger partial charge in [0, 0.05) is 48.8 Å². The Kier molecular flexibility index (Phi) is 12.4. The van der Waals surface area contributed by atoms with Crippen LogP contribution >= 0.6 is 0 Å². The number of rotatable bonds is 18. The van der Waals surface area contributed by atoms with E-state index in [-0.39, 0.29) is 5.91 Å². The highest BCUT2D eigenvalue weighted by molar-refractivity contribution is 5.94. The van der Waals surface area contributed by atoms with Gasteiger partial charge in [-0.3, -0.25) is 9.69 Å². The summed E-state index contributed by atoms with van der Waals surface area (Å²) in [5.41, 5.74) is 6.35. The standard InChI is InChI=1S/C35H51N3O/c1-2-3-4-5-6-7-8-9-10-11-12-13-14-19-35(39)37-32-20-21-34-33(26-32)30(27-36-34)23-25-38-24-22-29-17-15-16-18-31(29)28-38/h15-18,20-21,26-27,36H,2-14,19,22-25,28H2,1H3,(H,37,39). The summed E-state index contributed by atoms with van der Waals surface area (Å²) in [5, 5.41) is 4.38. The van der Waals surface area contributed by atoms with Gasteiger partial charge in [-0.05, 0) is 54.2 Å². The summed E-state index contributed by atoms with van der Waals surface area (Å²) in [7, 11) is 0. The summed E-state index contributed by atoms with van der Waals surface area (Å²) in [6, 6.07) is 15.1. The van der Waals surface area contributed by atoms with E-state index in [2.05, 4.69) is 64.7 Å². The predicted molar refractivity (Wildman–Crippen MR) is 166 cm³/mol. The van der Waals surface area contributed by atoms with Gasteiger partial charge in [0.2, 0.25) is 5.91 Å². The first kappa shape index (κ1) is 29.4. The van der Waals surface area contributed by atoms with Gasteiger partial charge in [0.05, 0.1) is 0 Å². The van der Waals surface area contributed by atoms with Gasteiger partial charge in [0.25, 0.3) is 0 Å². The van der Waals surface area contributed by atoms with Gasteiger partial charge >= 0.3 is 0 Å². The van der Waals surface area contributed by atoms with E-state index in [0.717, 1.165) is 56.5 Å². The predicted octanol–water partition coefficient (Wildman–Crippen LogP) is 9.19. The first-order chi connectivity index (χ1) is 19.2. The molecule has 212 valence electrons. The molecule has 39 heavy (non-hydrogen) atoms. The molecule has 0 saturated heterocycles. The van der Waals surface area contributed by atoms with Gasteiger partial charge in [-0.2, -0.15) is 0 Å². The number of H-pyrrole nitrogens is 1. The van der Waals surface area contributed by atoms with Crippen molar-refractivity contribution in [3.05, 3.63) is 65.4 Å². The van der Waals surface area contributed by atoms with Crippen molar-refractivity contribution in [2.45, 2.75) is 116 Å². The average Bonchev–Trinajstić information content (AvgIpc) is 3.36. The maximum Gasteiger partial charge on any atom is 0.224 e. The van der Waals surface area contributed by atoms with E-state index in [4.69, 9.17) is 0 Å². The number of aromatic nitrogens is 1. The highest BCUT2D eigenvalue weighted by atomic mass is 16.1. The molecule has 0 radical (unpaired) electrons. The van der Waals surface area contributed by atoms with Gasteiger partial charge in [0.15, 0.2) is 0 Å². The van der Waals surface area contributed by atoms with Crippen molar-refractivity contribution in [2.75, 3.05) is 18.4 Å². The number of amides is 1. The van der Waals surface area contributed by atoms with Crippen LogP contribution in [0.3, 0.4) is 0 Å². The number of nitrogens with zero attached hydrogens (tertiary/aromatic N) is 1. The van der Waals surface area contributed by atoms with E-state index in [1.807, 2.05) is 6.07 Å². The number of aromatic amines is 1. The van der Waals surface area contributed by atoms with Crippen molar-refractivity contribution in [1.82, 2.24) is 9.88 Å². The molecule has 0 spiro atoms. The third-order valence-corrected chi connectivity index (χ3v) is 8.47. The van der Waals surface area contributed by atoms with Crippen LogP contribution in [0, 0.1) is 0 Å². The van der Waals surface area contributed by atoms with Crippen LogP contribution in [0.1, 0.15) is 114 Å². The lowest BCUT2D eigenvalue weighted by Gasteiger charge is -2.28. The second-order valence-corrected chi connectivity index (χ2v) is 11.7. The van der Waals surface area contributed by atoms with E-state index in [9.17, 15) is 4.79 Å². The van der Waals surface area contributed by atoms with Crippen LogP contribution in [0.15, 0.2) is 48.7 Å². The summed E-state index contributed by atoms with van der Waals surface area (Å²) in [4.78, 5) is 18.6. The van der Waals surface area contributed by atoms with Crippen molar-refractivity contribution < 1.29 is 4.79 Å². The van der Waals surface area contributed by atoms with Gasteiger partial charge in [-0.15, -0.1) is 0 Å². The van der Waals surface area contributed by atoms with Gasteiger partial charge < -0.3 is 10.3 Å². The summed E-state index contributed by atoms with van der Waals surface area (Å²) < 4.78 is 0. The number of hydrogen-bond acceptors (Lipinski definition) is 2. The number of benzene rings is 2. The van der Waals surface area contributed by atoms with Crippen molar-refractivity contribution in [2.24, 2.45) is 0 Å². The van der Waals surface area contributed by atoms with E-state index in [1.54, 1.807) is 0 Å². The number of hydrogen-bond donors (Lipinski definition) is 2. The summed E-state index contributed by atoms with van der Waals surface area (Å²) >= 11 is 0. The first-order valence-electron chi connectivity index (χ1n) is 15.9. The minimum Gasteiger partial charge on any atom is -0.361 e. The Morgan fingerprint density at radius 2 is 1.51 bits per heavy atom. The fraction of sp³-hybridized carbons (Fsp3) is 0.571. The lowest BCUT2D eigenvalue weighted by Crippen LogP contribution is -2.32. The largest absolute Gasteiger partial charge is 0.361 e. The zero-order valence-electron chi connectivity index (χ0n) is 24.4. The monoisotopic (exact) mass is 529 g/mol. The van der Waals surface area contributed by atoms with Crippen LogP contribution in [-0.4, -0.2) is 28.9 Å². The lowest BCUT2D eigenvalue weighted by atomic mass is 9.99. The smallest absolute Gasteiger partial charge is 0.224 e. The fourth-order valence-electron chi connectivity index (χ4n) is 6.01. The van der Waals surface area contributed by atoms with Crippen LogP contribution in [-0.2, 0) is 24.2 Å². The van der Waals surface area contributed by atoms with E-state index in [1.165, 1.54) is 92.7 Å². The van der Waals surface area contributed by atoms with Crippen LogP contribution in [0.4, 0.5) is 5.69 Å². The fourth-order valence-corrected chi connectivity index (χ4v) is 6.01. The van der Waals surface area contributed by atoms with E-state index < -0.39 is 0 Å². The SMILES string of the molecule is CCCCCCCCCCCCCCCC(=O)Nc1ccc2[nH]cc(CCN3CCc4ccccc4C3)c2c1. The van der Waals surface area contributed by atoms with Crippen LogP contribution in [0.2, 0.25) is 0 Å². The Hall–Kier alpha value is -2.59. The van der Waals surface area contributed by atoms with Crippen LogP contribution in [0.25, 0.3) is 10.9 Å². The second kappa shape index (κ2) is 16.5. The normalized spacial score (nSPS) is 13.6. The average molecular weight is 530 g/mol. The number of carbonyl (C=O) groups excluding carboxylic acids is 1. The zero-order chi connectivity index (χ0) is 27.1. The summed E-state index contributed by atoms with van der Waals surface area (Å²) in [6.45, 7) is 5.50. The molecule has 4 heteroatoms.